The lowest BCUT2D eigenvalue weighted by atomic mass is 10.1. The summed E-state index contributed by atoms with van der Waals surface area (Å²) in [7, 11) is 1.76. The van der Waals surface area contributed by atoms with Crippen molar-refractivity contribution in [2.24, 2.45) is 4.99 Å². The van der Waals surface area contributed by atoms with Gasteiger partial charge in [0.2, 0.25) is 0 Å². The minimum Gasteiger partial charge on any atom is -0.345 e. The normalized spacial score (nSPS) is 12.4. The van der Waals surface area contributed by atoms with Crippen LogP contribution in [0.15, 0.2) is 23.5 Å². The molecule has 0 unspecified atom stereocenters. The van der Waals surface area contributed by atoms with Crippen LogP contribution in [-0.2, 0) is 0 Å². The summed E-state index contributed by atoms with van der Waals surface area (Å²) in [6, 6.07) is 3.88. The van der Waals surface area contributed by atoms with E-state index in [4.69, 9.17) is 11.6 Å². The molecule has 0 fully saturated rings. The molecule has 1 aromatic heterocycles. The van der Waals surface area contributed by atoms with E-state index in [1.54, 1.807) is 13.4 Å². The van der Waals surface area contributed by atoms with E-state index in [0.717, 1.165) is 22.3 Å². The fourth-order valence-corrected chi connectivity index (χ4v) is 1.61. The maximum atomic E-state index is 6.07. The van der Waals surface area contributed by atoms with Crippen LogP contribution < -0.4 is 0 Å². The van der Waals surface area contributed by atoms with Crippen LogP contribution in [0.3, 0.4) is 0 Å². The van der Waals surface area contributed by atoms with Crippen molar-refractivity contribution in [3.63, 3.8) is 0 Å². The number of aromatic nitrogens is 2. The van der Waals surface area contributed by atoms with Gasteiger partial charge in [0.15, 0.2) is 0 Å². The number of hydrogen-bond donors (Lipinski definition) is 1. The van der Waals surface area contributed by atoms with Crippen molar-refractivity contribution in [1.82, 2.24) is 9.97 Å². The van der Waals surface area contributed by atoms with Gasteiger partial charge in [-0.1, -0.05) is 11.6 Å². The van der Waals surface area contributed by atoms with Crippen LogP contribution >= 0.6 is 11.6 Å². The standard InChI is InChI=1S/C10H10ClN3/c1-6(12-2)7-3-8(11)10-9(4-7)13-5-14-10/h3-5H,1-2H3,(H,13,14). The third-order valence-corrected chi connectivity index (χ3v) is 2.52. The van der Waals surface area contributed by atoms with Gasteiger partial charge in [-0.15, -0.1) is 0 Å². The van der Waals surface area contributed by atoms with Gasteiger partial charge in [-0.05, 0) is 24.6 Å². The number of fused-ring (bicyclic) bond motifs is 1. The first-order valence-electron chi connectivity index (χ1n) is 4.28. The van der Waals surface area contributed by atoms with Gasteiger partial charge in [-0.25, -0.2) is 4.98 Å². The average molecular weight is 208 g/mol. The van der Waals surface area contributed by atoms with E-state index in [2.05, 4.69) is 15.0 Å². The second kappa shape index (κ2) is 3.42. The molecule has 0 aliphatic rings. The van der Waals surface area contributed by atoms with Crippen LogP contribution in [0.5, 0.6) is 0 Å². The first kappa shape index (κ1) is 9.21. The quantitative estimate of drug-likeness (QED) is 0.718. The van der Waals surface area contributed by atoms with Crippen LogP contribution in [0.2, 0.25) is 5.02 Å². The Hall–Kier alpha value is -1.35. The van der Waals surface area contributed by atoms with E-state index in [9.17, 15) is 0 Å². The average Bonchev–Trinajstić information content (AvgIpc) is 2.64. The van der Waals surface area contributed by atoms with Gasteiger partial charge in [0.05, 0.1) is 16.9 Å². The maximum absolute atomic E-state index is 6.07. The van der Waals surface area contributed by atoms with Crippen LogP contribution in [0.1, 0.15) is 12.5 Å². The molecule has 0 aliphatic heterocycles. The smallest absolute Gasteiger partial charge is 0.107 e. The van der Waals surface area contributed by atoms with Gasteiger partial charge in [0.25, 0.3) is 0 Å². The third-order valence-electron chi connectivity index (χ3n) is 2.23. The van der Waals surface area contributed by atoms with Crippen molar-refractivity contribution < 1.29 is 0 Å². The summed E-state index contributed by atoms with van der Waals surface area (Å²) in [4.78, 5) is 11.3. The molecule has 0 amide bonds. The van der Waals surface area contributed by atoms with E-state index in [-0.39, 0.29) is 0 Å². The first-order valence-corrected chi connectivity index (χ1v) is 4.66. The van der Waals surface area contributed by atoms with E-state index in [1.165, 1.54) is 0 Å². The zero-order chi connectivity index (χ0) is 10.1. The number of benzene rings is 1. The summed E-state index contributed by atoms with van der Waals surface area (Å²) >= 11 is 6.07. The Bertz CT molecular complexity index is 499. The Morgan fingerprint density at radius 1 is 1.50 bits per heavy atom. The van der Waals surface area contributed by atoms with Gasteiger partial charge in [0, 0.05) is 12.8 Å². The number of halogens is 1. The summed E-state index contributed by atoms with van der Waals surface area (Å²) in [5.74, 6) is 0. The molecule has 1 N–H and O–H groups in total. The second-order valence-corrected chi connectivity index (χ2v) is 3.47. The van der Waals surface area contributed by atoms with E-state index in [0.29, 0.717) is 5.02 Å². The van der Waals surface area contributed by atoms with Crippen LogP contribution in [0, 0.1) is 0 Å². The Labute approximate surface area is 86.8 Å². The van der Waals surface area contributed by atoms with Gasteiger partial charge in [0.1, 0.15) is 5.52 Å². The third kappa shape index (κ3) is 1.40. The van der Waals surface area contributed by atoms with Gasteiger partial charge in [-0.2, -0.15) is 0 Å². The largest absolute Gasteiger partial charge is 0.345 e. The highest BCUT2D eigenvalue weighted by Gasteiger charge is 2.05. The molecule has 0 radical (unpaired) electrons. The Morgan fingerprint density at radius 3 is 3.00 bits per heavy atom. The molecule has 2 aromatic rings. The Morgan fingerprint density at radius 2 is 2.29 bits per heavy atom. The lowest BCUT2D eigenvalue weighted by molar-refractivity contribution is 1.34. The summed E-state index contributed by atoms with van der Waals surface area (Å²) in [5.41, 5.74) is 3.73. The highest BCUT2D eigenvalue weighted by molar-refractivity contribution is 6.35. The molecule has 2 rings (SSSR count). The number of nitrogens with zero attached hydrogens (tertiary/aromatic N) is 2. The van der Waals surface area contributed by atoms with E-state index < -0.39 is 0 Å². The maximum Gasteiger partial charge on any atom is 0.107 e. The number of rotatable bonds is 1. The van der Waals surface area contributed by atoms with Crippen molar-refractivity contribution in [3.05, 3.63) is 29.0 Å². The fraction of sp³-hybridized carbons (Fsp3) is 0.200. The molecule has 0 saturated carbocycles. The number of aliphatic imine (C=N–C) groups is 1. The van der Waals surface area contributed by atoms with E-state index >= 15 is 0 Å². The summed E-state index contributed by atoms with van der Waals surface area (Å²) in [6.45, 7) is 1.95. The SMILES string of the molecule is CN=C(C)c1cc(Cl)c2nc[nH]c2c1. The highest BCUT2D eigenvalue weighted by Crippen LogP contribution is 2.22. The molecule has 1 aromatic carbocycles. The van der Waals surface area contributed by atoms with Crippen molar-refractivity contribution in [2.45, 2.75) is 6.92 Å². The Balaban J connectivity index is 2.70. The van der Waals surface area contributed by atoms with Crippen molar-refractivity contribution in [2.75, 3.05) is 7.05 Å². The molecule has 72 valence electrons. The van der Waals surface area contributed by atoms with Gasteiger partial charge >= 0.3 is 0 Å². The molecular weight excluding hydrogens is 198 g/mol. The molecule has 3 nitrogen and oxygen atoms in total. The molecule has 0 bridgehead atoms. The number of hydrogen-bond acceptors (Lipinski definition) is 2. The number of aromatic amines is 1. The topological polar surface area (TPSA) is 41.0 Å². The molecule has 4 heteroatoms. The minimum absolute atomic E-state index is 0.654. The van der Waals surface area contributed by atoms with Gasteiger partial charge in [-0.3, -0.25) is 4.99 Å². The van der Waals surface area contributed by atoms with Crippen molar-refractivity contribution >= 4 is 28.3 Å². The molecular formula is C10H10ClN3. The van der Waals surface area contributed by atoms with E-state index in [1.807, 2.05) is 19.1 Å². The number of nitrogens with one attached hydrogen (secondary N) is 1. The molecule has 0 atom stereocenters. The summed E-state index contributed by atoms with van der Waals surface area (Å²) in [5, 5.41) is 0.654. The molecule has 0 saturated heterocycles. The summed E-state index contributed by atoms with van der Waals surface area (Å²) < 4.78 is 0. The van der Waals surface area contributed by atoms with Gasteiger partial charge < -0.3 is 4.98 Å². The zero-order valence-electron chi connectivity index (χ0n) is 8.00. The van der Waals surface area contributed by atoms with Crippen LogP contribution in [0.25, 0.3) is 11.0 Å². The Kier molecular flexibility index (Phi) is 2.25. The number of H-pyrrole nitrogens is 1. The highest BCUT2D eigenvalue weighted by atomic mass is 35.5. The predicted molar refractivity (Wildman–Crippen MR) is 59.2 cm³/mol. The molecule has 1 heterocycles. The van der Waals surface area contributed by atoms with Crippen LogP contribution in [0.4, 0.5) is 0 Å². The summed E-state index contributed by atoms with van der Waals surface area (Å²) in [6.07, 6.45) is 1.64. The zero-order valence-corrected chi connectivity index (χ0v) is 8.76. The van der Waals surface area contributed by atoms with Crippen molar-refractivity contribution in [1.29, 1.82) is 0 Å². The fourth-order valence-electron chi connectivity index (χ4n) is 1.34. The van der Waals surface area contributed by atoms with Crippen LogP contribution in [-0.4, -0.2) is 22.7 Å². The second-order valence-electron chi connectivity index (χ2n) is 3.07. The lowest BCUT2D eigenvalue weighted by Crippen LogP contribution is -1.94. The minimum atomic E-state index is 0.654. The predicted octanol–water partition coefficient (Wildman–Crippen LogP) is 2.66. The monoisotopic (exact) mass is 207 g/mol. The van der Waals surface area contributed by atoms with Crippen molar-refractivity contribution in [3.8, 4) is 0 Å². The lowest BCUT2D eigenvalue weighted by Gasteiger charge is -2.01. The number of imidazole rings is 1. The molecule has 0 aliphatic carbocycles. The first-order chi connectivity index (χ1) is 6.72. The molecule has 0 spiro atoms. The molecule has 14 heavy (non-hydrogen) atoms.